The second-order valence-electron chi connectivity index (χ2n) is 4.59. The molecule has 1 N–H and O–H groups in total. The molecule has 2 rings (SSSR count). The molecule has 0 spiro atoms. The molecule has 2 aromatic rings. The Kier molecular flexibility index (Phi) is 4.70. The summed E-state index contributed by atoms with van der Waals surface area (Å²) in [6, 6.07) is 5.32. The van der Waals surface area contributed by atoms with Crippen LogP contribution < -0.4 is 10.3 Å². The van der Waals surface area contributed by atoms with Gasteiger partial charge in [0.2, 0.25) is 0 Å². The van der Waals surface area contributed by atoms with Gasteiger partial charge < -0.3 is 9.72 Å². The molecule has 20 heavy (non-hydrogen) atoms. The third-order valence-electron chi connectivity index (χ3n) is 2.87. The van der Waals surface area contributed by atoms with E-state index in [1.54, 1.807) is 25.3 Å². The van der Waals surface area contributed by atoms with Gasteiger partial charge in [-0.05, 0) is 40.6 Å². The van der Waals surface area contributed by atoms with E-state index >= 15 is 0 Å². The highest BCUT2D eigenvalue weighted by Gasteiger charge is 2.17. The number of aromatic nitrogens is 2. The smallest absolute Gasteiger partial charge is 0.264 e. The van der Waals surface area contributed by atoms with Crippen LogP contribution in [0.1, 0.15) is 25.5 Å². The molecule has 0 radical (unpaired) electrons. The predicted molar refractivity (Wildman–Crippen MR) is 88.7 cm³/mol. The van der Waals surface area contributed by atoms with Crippen LogP contribution in [0.4, 0.5) is 0 Å². The number of benzene rings is 1. The van der Waals surface area contributed by atoms with Gasteiger partial charge in [0.1, 0.15) is 11.6 Å². The molecule has 1 aromatic carbocycles. The van der Waals surface area contributed by atoms with Crippen molar-refractivity contribution in [1.29, 1.82) is 0 Å². The topological polar surface area (TPSA) is 55.0 Å². The zero-order chi connectivity index (χ0) is 14.9. The van der Waals surface area contributed by atoms with E-state index in [0.717, 1.165) is 5.69 Å². The number of aromatic amines is 1. The molecule has 1 aromatic heterocycles. The molecular weight excluding hydrogens is 391 g/mol. The monoisotopic (exact) mass is 404 g/mol. The van der Waals surface area contributed by atoms with Crippen molar-refractivity contribution in [3.05, 3.63) is 42.8 Å². The van der Waals surface area contributed by atoms with Crippen LogP contribution in [-0.4, -0.2) is 17.1 Å². The summed E-state index contributed by atoms with van der Waals surface area (Å²) < 4.78 is 5.91. The zero-order valence-electron chi connectivity index (χ0n) is 11.3. The first-order chi connectivity index (χ1) is 9.45. The van der Waals surface area contributed by atoms with E-state index in [0.29, 0.717) is 25.7 Å². The second-order valence-corrected chi connectivity index (χ2v) is 6.07. The Bertz CT molecular complexity index is 698. The molecule has 0 aliphatic heterocycles. The van der Waals surface area contributed by atoms with E-state index in [1.165, 1.54) is 0 Å². The van der Waals surface area contributed by atoms with Gasteiger partial charge in [0.15, 0.2) is 0 Å². The van der Waals surface area contributed by atoms with Gasteiger partial charge >= 0.3 is 0 Å². The fourth-order valence-electron chi connectivity index (χ4n) is 1.88. The maximum atomic E-state index is 12.1. The van der Waals surface area contributed by atoms with Gasteiger partial charge in [0.05, 0.1) is 27.0 Å². The first kappa shape index (κ1) is 15.3. The van der Waals surface area contributed by atoms with Gasteiger partial charge in [-0.1, -0.05) is 31.5 Å². The quantitative estimate of drug-likeness (QED) is 0.791. The third kappa shape index (κ3) is 2.83. The zero-order valence-corrected chi connectivity index (χ0v) is 14.2. The van der Waals surface area contributed by atoms with Gasteiger partial charge in [0.25, 0.3) is 5.56 Å². The van der Waals surface area contributed by atoms with Crippen molar-refractivity contribution in [1.82, 2.24) is 9.97 Å². The van der Waals surface area contributed by atoms with E-state index in [1.807, 2.05) is 36.4 Å². The van der Waals surface area contributed by atoms with Gasteiger partial charge in [0, 0.05) is 0 Å². The van der Waals surface area contributed by atoms with Gasteiger partial charge in [-0.2, -0.15) is 0 Å². The summed E-state index contributed by atoms with van der Waals surface area (Å²) in [5.41, 5.74) is 1.19. The molecule has 1 heterocycles. The predicted octanol–water partition coefficient (Wildman–Crippen LogP) is 3.83. The summed E-state index contributed by atoms with van der Waals surface area (Å²) in [6.45, 7) is 4.00. The van der Waals surface area contributed by atoms with Crippen LogP contribution in [0, 0.1) is 3.57 Å². The molecular formula is C14H14ClIN2O2. The first-order valence-electron chi connectivity index (χ1n) is 6.08. The molecule has 0 unspecified atom stereocenters. The number of halogens is 2. The first-order valence-corrected chi connectivity index (χ1v) is 7.54. The fourth-order valence-corrected chi connectivity index (χ4v) is 3.02. The number of hydrogen-bond acceptors (Lipinski definition) is 3. The molecule has 106 valence electrons. The maximum absolute atomic E-state index is 12.1. The Morgan fingerprint density at radius 3 is 2.70 bits per heavy atom. The van der Waals surface area contributed by atoms with Crippen molar-refractivity contribution in [2.75, 3.05) is 7.11 Å². The fraction of sp³-hybridized carbons (Fsp3) is 0.286. The van der Waals surface area contributed by atoms with Crippen molar-refractivity contribution >= 4 is 34.2 Å². The van der Waals surface area contributed by atoms with Crippen molar-refractivity contribution < 1.29 is 4.74 Å². The number of nitrogens with one attached hydrogen (secondary N) is 1. The Morgan fingerprint density at radius 1 is 1.40 bits per heavy atom. The van der Waals surface area contributed by atoms with Crippen LogP contribution in [-0.2, 0) is 0 Å². The van der Waals surface area contributed by atoms with E-state index in [9.17, 15) is 4.79 Å². The molecule has 6 heteroatoms. The molecule has 4 nitrogen and oxygen atoms in total. The lowest BCUT2D eigenvalue weighted by Crippen LogP contribution is -2.17. The van der Waals surface area contributed by atoms with Crippen LogP contribution in [0.2, 0.25) is 5.02 Å². The SMILES string of the molecule is COc1cccc(Cl)c1-c1nc(C(C)C)c(I)c(=O)[nH]1. The number of hydrogen-bond donors (Lipinski definition) is 1. The molecule has 0 aliphatic carbocycles. The molecule has 0 saturated carbocycles. The van der Waals surface area contributed by atoms with Crippen LogP contribution in [0.5, 0.6) is 5.75 Å². The van der Waals surface area contributed by atoms with Crippen molar-refractivity contribution in [3.63, 3.8) is 0 Å². The highest BCUT2D eigenvalue weighted by molar-refractivity contribution is 14.1. The van der Waals surface area contributed by atoms with Gasteiger partial charge in [-0.3, -0.25) is 4.79 Å². The lowest BCUT2D eigenvalue weighted by molar-refractivity contribution is 0.416. The highest BCUT2D eigenvalue weighted by Crippen LogP contribution is 2.34. The summed E-state index contributed by atoms with van der Waals surface area (Å²) >= 11 is 8.24. The largest absolute Gasteiger partial charge is 0.496 e. The normalized spacial score (nSPS) is 10.9. The third-order valence-corrected chi connectivity index (χ3v) is 4.22. The number of methoxy groups -OCH3 is 1. The minimum Gasteiger partial charge on any atom is -0.496 e. The highest BCUT2D eigenvalue weighted by atomic mass is 127. The van der Waals surface area contributed by atoms with E-state index in [4.69, 9.17) is 16.3 Å². The molecule has 0 atom stereocenters. The molecule has 0 saturated heterocycles. The lowest BCUT2D eigenvalue weighted by atomic mass is 10.1. The maximum Gasteiger partial charge on any atom is 0.264 e. The Labute approximate surface area is 135 Å². The van der Waals surface area contributed by atoms with E-state index < -0.39 is 0 Å². The number of nitrogens with zero attached hydrogens (tertiary/aromatic N) is 1. The molecule has 0 aliphatic rings. The Balaban J connectivity index is 2.74. The van der Waals surface area contributed by atoms with Crippen LogP contribution >= 0.6 is 34.2 Å². The summed E-state index contributed by atoms with van der Waals surface area (Å²) in [7, 11) is 1.56. The standard InChI is InChI=1S/C14H14ClIN2O2/c1-7(2)12-11(16)14(19)18-13(17-12)10-8(15)5-4-6-9(10)20-3/h4-7H,1-3H3,(H,17,18,19). The molecule has 0 amide bonds. The van der Waals surface area contributed by atoms with Gasteiger partial charge in [-0.15, -0.1) is 0 Å². The van der Waals surface area contributed by atoms with Crippen LogP contribution in [0.3, 0.4) is 0 Å². The average Bonchev–Trinajstić information content (AvgIpc) is 2.41. The van der Waals surface area contributed by atoms with Crippen molar-refractivity contribution in [2.45, 2.75) is 19.8 Å². The summed E-state index contributed by atoms with van der Waals surface area (Å²) in [5, 5.41) is 0.489. The number of ether oxygens (including phenoxy) is 1. The average molecular weight is 405 g/mol. The Hall–Kier alpha value is -1.08. The minimum absolute atomic E-state index is 0.149. The second kappa shape index (κ2) is 6.13. The van der Waals surface area contributed by atoms with E-state index in [-0.39, 0.29) is 11.5 Å². The van der Waals surface area contributed by atoms with Crippen LogP contribution in [0.25, 0.3) is 11.4 Å². The molecule has 0 bridgehead atoms. The summed E-state index contributed by atoms with van der Waals surface area (Å²) in [4.78, 5) is 19.4. The van der Waals surface area contributed by atoms with Crippen molar-refractivity contribution in [2.24, 2.45) is 0 Å². The van der Waals surface area contributed by atoms with E-state index in [2.05, 4.69) is 9.97 Å². The molecule has 0 fully saturated rings. The lowest BCUT2D eigenvalue weighted by Gasteiger charge is -2.13. The van der Waals surface area contributed by atoms with Crippen molar-refractivity contribution in [3.8, 4) is 17.1 Å². The van der Waals surface area contributed by atoms with Gasteiger partial charge in [-0.25, -0.2) is 4.98 Å². The van der Waals surface area contributed by atoms with Crippen LogP contribution in [0.15, 0.2) is 23.0 Å². The number of rotatable bonds is 3. The Morgan fingerprint density at radius 2 is 2.10 bits per heavy atom. The summed E-state index contributed by atoms with van der Waals surface area (Å²) in [6.07, 6.45) is 0. The minimum atomic E-state index is -0.165. The number of H-pyrrole nitrogens is 1. The summed E-state index contributed by atoms with van der Waals surface area (Å²) in [5.74, 6) is 1.16.